The van der Waals surface area contributed by atoms with E-state index < -0.39 is 0 Å². The van der Waals surface area contributed by atoms with Crippen molar-refractivity contribution in [1.82, 2.24) is 0 Å². The quantitative estimate of drug-likeness (QED) is 0.466. The van der Waals surface area contributed by atoms with E-state index in [1.54, 1.807) is 0 Å². The van der Waals surface area contributed by atoms with Gasteiger partial charge in [0.05, 0.1) is 6.10 Å². The van der Waals surface area contributed by atoms with Crippen LogP contribution in [0.15, 0.2) is 30.3 Å². The number of piperidine rings is 1. The summed E-state index contributed by atoms with van der Waals surface area (Å²) in [6, 6.07) is 10.7. The minimum Gasteiger partial charge on any atom is -0.393 e. The lowest BCUT2D eigenvalue weighted by atomic mass is 9.78. The molecule has 1 aliphatic heterocycles. The molecular weight excluding hydrogens is 342 g/mol. The van der Waals surface area contributed by atoms with Crippen LogP contribution in [0.25, 0.3) is 0 Å². The number of rotatable bonds is 8. The number of hydrogen-bond acceptors (Lipinski definition) is 2. The molecule has 1 aromatic rings. The van der Waals surface area contributed by atoms with Crippen molar-refractivity contribution in [2.24, 2.45) is 10.8 Å². The fraction of sp³-hybridized carbons (Fsp3) is 0.769. The van der Waals surface area contributed by atoms with Crippen LogP contribution in [0.4, 0.5) is 5.69 Å². The van der Waals surface area contributed by atoms with Gasteiger partial charge in [0.2, 0.25) is 0 Å². The van der Waals surface area contributed by atoms with Crippen molar-refractivity contribution in [3.8, 4) is 0 Å². The van der Waals surface area contributed by atoms with Gasteiger partial charge >= 0.3 is 0 Å². The molecule has 0 radical (unpaired) electrons. The predicted octanol–water partition coefficient (Wildman–Crippen LogP) is 7.46. The maximum absolute atomic E-state index is 10.1. The van der Waals surface area contributed by atoms with Crippen LogP contribution in [-0.4, -0.2) is 24.3 Å². The Morgan fingerprint density at radius 1 is 0.893 bits per heavy atom. The third kappa shape index (κ3) is 11.7. The molecule has 0 aliphatic carbocycles. The molecule has 1 unspecified atom stereocenters. The Kier molecular flexibility index (Phi) is 11.2. The fourth-order valence-electron chi connectivity index (χ4n) is 4.16. The largest absolute Gasteiger partial charge is 0.393 e. The van der Waals surface area contributed by atoms with Crippen LogP contribution < -0.4 is 4.90 Å². The van der Waals surface area contributed by atoms with Gasteiger partial charge in [-0.05, 0) is 61.5 Å². The first-order chi connectivity index (χ1) is 13.1. The van der Waals surface area contributed by atoms with Crippen molar-refractivity contribution in [1.29, 1.82) is 0 Å². The van der Waals surface area contributed by atoms with Crippen LogP contribution in [0.5, 0.6) is 0 Å². The van der Waals surface area contributed by atoms with E-state index in [-0.39, 0.29) is 11.5 Å². The minimum absolute atomic E-state index is 0.142. The molecule has 1 aromatic carbocycles. The topological polar surface area (TPSA) is 23.5 Å². The molecule has 1 aliphatic rings. The van der Waals surface area contributed by atoms with Crippen LogP contribution in [0, 0.1) is 10.8 Å². The van der Waals surface area contributed by atoms with Crippen molar-refractivity contribution in [3.63, 3.8) is 0 Å². The lowest BCUT2D eigenvalue weighted by Crippen LogP contribution is -2.29. The summed E-state index contributed by atoms with van der Waals surface area (Å²) in [5.41, 5.74) is 1.91. The van der Waals surface area contributed by atoms with E-state index in [2.05, 4.69) is 76.8 Å². The average Bonchev–Trinajstić information content (AvgIpc) is 2.62. The molecule has 1 fully saturated rings. The van der Waals surface area contributed by atoms with Crippen molar-refractivity contribution >= 4 is 5.69 Å². The van der Waals surface area contributed by atoms with Gasteiger partial charge in [0, 0.05) is 18.8 Å². The third-order valence-corrected chi connectivity index (χ3v) is 5.57. The average molecular weight is 390 g/mol. The summed E-state index contributed by atoms with van der Waals surface area (Å²) in [4.78, 5) is 2.48. The zero-order chi connectivity index (χ0) is 21.0. The number of hydrogen-bond donors (Lipinski definition) is 1. The minimum atomic E-state index is -0.142. The standard InChI is InChI=1S/C15H32O.C11H15N/c1-7-8-9-10-15(5,6)12-13(16)11-14(2,3)4;1-3-7-11(8-4-1)12-9-5-2-6-10-12/h13,16H,7-12H2,1-6H3;1,3-4,7-8H,2,5-6,9-10H2. The summed E-state index contributed by atoms with van der Waals surface area (Å²) in [7, 11) is 0. The molecule has 1 N–H and O–H groups in total. The molecule has 2 heteroatoms. The van der Waals surface area contributed by atoms with E-state index in [0.29, 0.717) is 5.41 Å². The number of unbranched alkanes of at least 4 members (excludes halogenated alkanes) is 2. The van der Waals surface area contributed by atoms with Gasteiger partial charge < -0.3 is 10.0 Å². The first kappa shape index (κ1) is 25.0. The van der Waals surface area contributed by atoms with Gasteiger partial charge in [0.1, 0.15) is 0 Å². The second-order valence-corrected chi connectivity index (χ2v) is 10.6. The second-order valence-electron chi connectivity index (χ2n) is 10.6. The van der Waals surface area contributed by atoms with Crippen LogP contribution in [0.3, 0.4) is 0 Å². The second kappa shape index (κ2) is 12.5. The van der Waals surface area contributed by atoms with Crippen molar-refractivity contribution in [2.75, 3.05) is 18.0 Å². The molecule has 2 rings (SSSR count). The fourth-order valence-corrected chi connectivity index (χ4v) is 4.16. The summed E-state index contributed by atoms with van der Waals surface area (Å²) in [6.07, 6.45) is 11.0. The van der Waals surface area contributed by atoms with Gasteiger partial charge in [0.15, 0.2) is 0 Å². The number of para-hydroxylation sites is 1. The summed E-state index contributed by atoms with van der Waals surface area (Å²) < 4.78 is 0. The van der Waals surface area contributed by atoms with E-state index in [1.165, 1.54) is 63.7 Å². The SMILES string of the molecule is CCCCCC(C)(C)CC(O)CC(C)(C)C.c1ccc(N2CCCCC2)cc1. The highest BCUT2D eigenvalue weighted by Gasteiger charge is 2.24. The van der Waals surface area contributed by atoms with Crippen LogP contribution in [-0.2, 0) is 0 Å². The van der Waals surface area contributed by atoms with Crippen molar-refractivity contribution < 1.29 is 5.11 Å². The van der Waals surface area contributed by atoms with Gasteiger partial charge in [-0.3, -0.25) is 0 Å². The smallest absolute Gasteiger partial charge is 0.0550 e. The number of benzene rings is 1. The maximum Gasteiger partial charge on any atom is 0.0550 e. The van der Waals surface area contributed by atoms with Gasteiger partial charge in [-0.25, -0.2) is 0 Å². The van der Waals surface area contributed by atoms with Crippen LogP contribution in [0.2, 0.25) is 0 Å². The third-order valence-electron chi connectivity index (χ3n) is 5.57. The maximum atomic E-state index is 10.1. The Morgan fingerprint density at radius 3 is 2.04 bits per heavy atom. The summed E-state index contributed by atoms with van der Waals surface area (Å²) in [5.74, 6) is 0. The summed E-state index contributed by atoms with van der Waals surface area (Å²) >= 11 is 0. The zero-order valence-electron chi connectivity index (χ0n) is 19.6. The number of nitrogens with zero attached hydrogens (tertiary/aromatic N) is 1. The lowest BCUT2D eigenvalue weighted by Gasteiger charge is -2.30. The number of aliphatic hydroxyl groups is 1. The molecule has 0 spiro atoms. The Labute approximate surface area is 175 Å². The molecule has 1 heterocycles. The molecule has 28 heavy (non-hydrogen) atoms. The van der Waals surface area contributed by atoms with E-state index in [0.717, 1.165) is 12.8 Å². The van der Waals surface area contributed by atoms with Gasteiger partial charge in [-0.1, -0.05) is 79.0 Å². The highest BCUT2D eigenvalue weighted by atomic mass is 16.3. The first-order valence-corrected chi connectivity index (χ1v) is 11.6. The first-order valence-electron chi connectivity index (χ1n) is 11.6. The van der Waals surface area contributed by atoms with Crippen molar-refractivity contribution in [2.45, 2.75) is 105 Å². The summed E-state index contributed by atoms with van der Waals surface area (Å²) in [6.45, 7) is 15.9. The molecule has 2 nitrogen and oxygen atoms in total. The molecular formula is C26H47NO. The van der Waals surface area contributed by atoms with E-state index in [9.17, 15) is 5.11 Å². The molecule has 1 saturated heterocycles. The Morgan fingerprint density at radius 2 is 1.50 bits per heavy atom. The van der Waals surface area contributed by atoms with Gasteiger partial charge in [-0.15, -0.1) is 0 Å². The Bertz CT molecular complexity index is 497. The zero-order valence-corrected chi connectivity index (χ0v) is 19.6. The molecule has 0 amide bonds. The molecule has 1 atom stereocenters. The highest BCUT2D eigenvalue weighted by Crippen LogP contribution is 2.33. The van der Waals surface area contributed by atoms with E-state index in [4.69, 9.17) is 0 Å². The van der Waals surface area contributed by atoms with E-state index in [1.807, 2.05) is 0 Å². The monoisotopic (exact) mass is 389 g/mol. The highest BCUT2D eigenvalue weighted by molar-refractivity contribution is 5.46. The Balaban J connectivity index is 0.000000289. The predicted molar refractivity (Wildman–Crippen MR) is 125 cm³/mol. The normalized spacial score (nSPS) is 16.3. The Hall–Kier alpha value is -1.02. The van der Waals surface area contributed by atoms with Crippen molar-refractivity contribution in [3.05, 3.63) is 30.3 Å². The van der Waals surface area contributed by atoms with Gasteiger partial charge in [0.25, 0.3) is 0 Å². The molecule has 162 valence electrons. The number of aliphatic hydroxyl groups excluding tert-OH is 1. The summed E-state index contributed by atoms with van der Waals surface area (Å²) in [5, 5.41) is 10.1. The molecule has 0 bridgehead atoms. The molecule has 0 aromatic heterocycles. The molecule has 0 saturated carbocycles. The van der Waals surface area contributed by atoms with Gasteiger partial charge in [-0.2, -0.15) is 0 Å². The van der Waals surface area contributed by atoms with E-state index >= 15 is 0 Å². The number of anilines is 1. The van der Waals surface area contributed by atoms with Crippen LogP contribution >= 0.6 is 0 Å². The van der Waals surface area contributed by atoms with Crippen LogP contribution in [0.1, 0.15) is 99.3 Å². The lowest BCUT2D eigenvalue weighted by molar-refractivity contribution is 0.0714.